The summed E-state index contributed by atoms with van der Waals surface area (Å²) in [6, 6.07) is 10.5. The molecule has 0 aliphatic rings. The molecule has 0 bridgehead atoms. The maximum atomic E-state index is 11.2. The van der Waals surface area contributed by atoms with Crippen molar-refractivity contribution in [1.82, 2.24) is 5.32 Å². The first kappa shape index (κ1) is 16.6. The van der Waals surface area contributed by atoms with E-state index in [0.717, 1.165) is 5.56 Å². The van der Waals surface area contributed by atoms with Crippen LogP contribution in [0.2, 0.25) is 5.02 Å². The minimum atomic E-state index is -0.841. The zero-order valence-corrected chi connectivity index (χ0v) is 13.4. The lowest BCUT2D eigenvalue weighted by atomic mass is 10.0. The number of halogens is 1. The number of hydrogen-bond acceptors (Lipinski definition) is 3. The molecule has 2 aromatic rings. The van der Waals surface area contributed by atoms with Crippen molar-refractivity contribution < 1.29 is 14.3 Å². The number of aliphatic carboxylic acids is 1. The van der Waals surface area contributed by atoms with Crippen molar-refractivity contribution in [3.63, 3.8) is 0 Å². The molecule has 0 saturated heterocycles. The van der Waals surface area contributed by atoms with Crippen molar-refractivity contribution in [2.75, 3.05) is 0 Å². The van der Waals surface area contributed by atoms with Crippen LogP contribution in [0.5, 0.6) is 0 Å². The van der Waals surface area contributed by atoms with E-state index in [-0.39, 0.29) is 0 Å². The van der Waals surface area contributed by atoms with Gasteiger partial charge in [-0.3, -0.25) is 10.1 Å². The van der Waals surface area contributed by atoms with Crippen LogP contribution in [-0.4, -0.2) is 17.1 Å². The summed E-state index contributed by atoms with van der Waals surface area (Å²) in [7, 11) is 0. The second-order valence-corrected chi connectivity index (χ2v) is 6.05. The first-order valence-corrected chi connectivity index (χ1v) is 7.65. The first-order valence-electron chi connectivity index (χ1n) is 7.27. The number of benzene rings is 1. The Labute approximate surface area is 135 Å². The molecule has 22 heavy (non-hydrogen) atoms. The fourth-order valence-electron chi connectivity index (χ4n) is 2.25. The monoisotopic (exact) mass is 321 g/mol. The van der Waals surface area contributed by atoms with E-state index in [2.05, 4.69) is 5.32 Å². The van der Waals surface area contributed by atoms with Gasteiger partial charge in [-0.15, -0.1) is 0 Å². The van der Waals surface area contributed by atoms with Gasteiger partial charge in [0.25, 0.3) is 0 Å². The third-order valence-electron chi connectivity index (χ3n) is 3.33. The third kappa shape index (κ3) is 4.36. The highest BCUT2D eigenvalue weighted by atomic mass is 35.5. The predicted octanol–water partition coefficient (Wildman–Crippen LogP) is 4.19. The quantitative estimate of drug-likeness (QED) is 0.802. The summed E-state index contributed by atoms with van der Waals surface area (Å²) >= 11 is 6.14. The van der Waals surface area contributed by atoms with Crippen molar-refractivity contribution in [3.05, 3.63) is 47.2 Å². The molecule has 0 spiro atoms. The predicted molar refractivity (Wildman–Crippen MR) is 86.9 cm³/mol. The summed E-state index contributed by atoms with van der Waals surface area (Å²) in [5.74, 6) is 0.832. The van der Waals surface area contributed by atoms with Crippen LogP contribution < -0.4 is 5.32 Å². The highest BCUT2D eigenvalue weighted by Gasteiger charge is 2.18. The van der Waals surface area contributed by atoms with E-state index in [9.17, 15) is 9.90 Å². The second-order valence-electron chi connectivity index (χ2n) is 5.65. The fraction of sp³-hybridized carbons (Fsp3) is 0.353. The normalized spacial score (nSPS) is 12.5. The lowest BCUT2D eigenvalue weighted by Gasteiger charge is -2.15. The molecular formula is C17H20ClNO3. The standard InChI is InChI=1S/C17H20ClNO3/c1-11(2)9-15(17(20)21)19-10-12-7-8-16(22-12)13-5-3-4-6-14(13)18/h3-8,11,15,19H,9-10H2,1-2H3,(H,20,21)/t15-/m0/s1. The van der Waals surface area contributed by atoms with Crippen molar-refractivity contribution in [2.45, 2.75) is 32.9 Å². The molecule has 2 N–H and O–H groups in total. The number of nitrogens with one attached hydrogen (secondary N) is 1. The van der Waals surface area contributed by atoms with Gasteiger partial charge in [-0.1, -0.05) is 37.6 Å². The van der Waals surface area contributed by atoms with Crippen LogP contribution in [0, 0.1) is 5.92 Å². The summed E-state index contributed by atoms with van der Waals surface area (Å²) in [6.45, 7) is 4.37. The van der Waals surface area contributed by atoms with Gasteiger partial charge < -0.3 is 9.52 Å². The molecule has 1 heterocycles. The molecule has 0 saturated carbocycles. The summed E-state index contributed by atoms with van der Waals surface area (Å²) in [5, 5.41) is 12.9. The van der Waals surface area contributed by atoms with Gasteiger partial charge in [0.2, 0.25) is 0 Å². The Morgan fingerprint density at radius 1 is 1.27 bits per heavy atom. The molecule has 4 nitrogen and oxygen atoms in total. The average molecular weight is 322 g/mol. The van der Waals surface area contributed by atoms with Gasteiger partial charge in [0, 0.05) is 5.56 Å². The Balaban J connectivity index is 2.03. The zero-order chi connectivity index (χ0) is 16.1. The van der Waals surface area contributed by atoms with Gasteiger partial charge in [0.1, 0.15) is 17.6 Å². The summed E-state index contributed by atoms with van der Waals surface area (Å²) in [4.78, 5) is 11.2. The molecule has 1 aromatic heterocycles. The van der Waals surface area contributed by atoms with Crippen molar-refractivity contribution in [1.29, 1.82) is 0 Å². The number of rotatable bonds is 7. The Hall–Kier alpha value is -1.78. The molecule has 0 aliphatic heterocycles. The molecule has 5 heteroatoms. The summed E-state index contributed by atoms with van der Waals surface area (Å²) in [6.07, 6.45) is 0.577. The number of carboxylic acids is 1. The Bertz CT molecular complexity index is 636. The molecule has 0 radical (unpaired) electrons. The molecule has 1 atom stereocenters. The van der Waals surface area contributed by atoms with Crippen molar-refractivity contribution in [2.24, 2.45) is 5.92 Å². The van der Waals surface area contributed by atoms with Crippen LogP contribution in [0.3, 0.4) is 0 Å². The van der Waals surface area contributed by atoms with Crippen LogP contribution in [0.4, 0.5) is 0 Å². The van der Waals surface area contributed by atoms with Crippen LogP contribution in [-0.2, 0) is 11.3 Å². The Kier molecular flexibility index (Phi) is 5.63. The zero-order valence-electron chi connectivity index (χ0n) is 12.7. The topological polar surface area (TPSA) is 62.5 Å². The highest BCUT2D eigenvalue weighted by Crippen LogP contribution is 2.29. The number of carbonyl (C=O) groups is 1. The van der Waals surface area contributed by atoms with Gasteiger partial charge in [-0.25, -0.2) is 0 Å². The van der Waals surface area contributed by atoms with E-state index in [0.29, 0.717) is 35.4 Å². The minimum absolute atomic E-state index is 0.309. The van der Waals surface area contributed by atoms with Gasteiger partial charge in [0.15, 0.2) is 0 Å². The highest BCUT2D eigenvalue weighted by molar-refractivity contribution is 6.33. The number of furan rings is 1. The van der Waals surface area contributed by atoms with Crippen LogP contribution in [0.1, 0.15) is 26.0 Å². The Morgan fingerprint density at radius 2 is 2.00 bits per heavy atom. The minimum Gasteiger partial charge on any atom is -0.480 e. The van der Waals surface area contributed by atoms with Gasteiger partial charge in [0.05, 0.1) is 11.6 Å². The second kappa shape index (κ2) is 7.47. The van der Waals surface area contributed by atoms with Gasteiger partial charge in [-0.2, -0.15) is 0 Å². The smallest absolute Gasteiger partial charge is 0.320 e. The lowest BCUT2D eigenvalue weighted by molar-refractivity contribution is -0.140. The largest absolute Gasteiger partial charge is 0.480 e. The van der Waals surface area contributed by atoms with Crippen molar-refractivity contribution >= 4 is 17.6 Å². The summed E-state index contributed by atoms with van der Waals surface area (Å²) in [5.41, 5.74) is 0.826. The van der Waals surface area contributed by atoms with Gasteiger partial charge >= 0.3 is 5.97 Å². The van der Waals surface area contributed by atoms with Crippen molar-refractivity contribution in [3.8, 4) is 11.3 Å². The molecule has 0 unspecified atom stereocenters. The van der Waals surface area contributed by atoms with Crippen LogP contribution in [0.15, 0.2) is 40.8 Å². The lowest BCUT2D eigenvalue weighted by Crippen LogP contribution is -2.37. The van der Waals surface area contributed by atoms with E-state index in [1.54, 1.807) is 6.07 Å². The molecule has 118 valence electrons. The summed E-state index contributed by atoms with van der Waals surface area (Å²) < 4.78 is 5.75. The van der Waals surface area contributed by atoms with E-state index in [1.807, 2.05) is 44.2 Å². The third-order valence-corrected chi connectivity index (χ3v) is 3.66. The van der Waals surface area contributed by atoms with Crippen LogP contribution >= 0.6 is 11.6 Å². The maximum Gasteiger partial charge on any atom is 0.320 e. The first-order chi connectivity index (χ1) is 10.5. The molecule has 0 amide bonds. The van der Waals surface area contributed by atoms with E-state index >= 15 is 0 Å². The Morgan fingerprint density at radius 3 is 2.64 bits per heavy atom. The molecule has 0 fully saturated rings. The maximum absolute atomic E-state index is 11.2. The average Bonchev–Trinajstić information content (AvgIpc) is 2.92. The van der Waals surface area contributed by atoms with Crippen LogP contribution in [0.25, 0.3) is 11.3 Å². The fourth-order valence-corrected chi connectivity index (χ4v) is 2.47. The molecular weight excluding hydrogens is 302 g/mol. The number of carboxylic acid groups (broad SMARTS) is 1. The SMILES string of the molecule is CC(C)C[C@H](NCc1ccc(-c2ccccc2Cl)o1)C(=O)O. The van der Waals surface area contributed by atoms with E-state index in [4.69, 9.17) is 16.0 Å². The van der Waals surface area contributed by atoms with Gasteiger partial charge in [-0.05, 0) is 36.6 Å². The molecule has 2 rings (SSSR count). The number of hydrogen-bond donors (Lipinski definition) is 2. The molecule has 0 aliphatic carbocycles. The van der Waals surface area contributed by atoms with E-state index in [1.165, 1.54) is 0 Å². The molecule has 1 aromatic carbocycles. The van der Waals surface area contributed by atoms with E-state index < -0.39 is 12.0 Å².